The lowest BCUT2D eigenvalue weighted by atomic mass is 10.6. The van der Waals surface area contributed by atoms with E-state index in [1.807, 2.05) is 6.92 Å². The number of halogens is 2. The maximum absolute atomic E-state index is 5.82. The normalized spacial score (nSPS) is 10.9. The number of aromatic nitrogens is 3. The lowest BCUT2D eigenvalue weighted by Gasteiger charge is -1.97. The molecular weight excluding hydrogens is 197 g/mol. The Labute approximate surface area is 79.0 Å². The highest BCUT2D eigenvalue weighted by Gasteiger charge is 2.04. The van der Waals surface area contributed by atoms with Crippen LogP contribution in [0.3, 0.4) is 0 Å². The first kappa shape index (κ1) is 7.83. The highest BCUT2D eigenvalue weighted by molar-refractivity contribution is 6.34. The first-order valence-electron chi connectivity index (χ1n) is 3.34. The lowest BCUT2D eigenvalue weighted by molar-refractivity contribution is 1.03. The average Bonchev–Trinajstić information content (AvgIpc) is 2.33. The van der Waals surface area contributed by atoms with Gasteiger partial charge in [0.15, 0.2) is 5.15 Å². The zero-order chi connectivity index (χ0) is 8.72. The van der Waals surface area contributed by atoms with Crippen molar-refractivity contribution in [1.29, 1.82) is 0 Å². The fourth-order valence-electron chi connectivity index (χ4n) is 1.06. The van der Waals surface area contributed by atoms with Crippen LogP contribution in [-0.4, -0.2) is 14.4 Å². The van der Waals surface area contributed by atoms with Crippen molar-refractivity contribution in [3.8, 4) is 0 Å². The SMILES string of the molecule is Cc1ncc2c(Cl)nc(Cl)cn12. The second-order valence-electron chi connectivity index (χ2n) is 2.42. The third-order valence-corrected chi connectivity index (χ3v) is 2.09. The average molecular weight is 202 g/mol. The summed E-state index contributed by atoms with van der Waals surface area (Å²) in [6.45, 7) is 1.87. The van der Waals surface area contributed by atoms with Gasteiger partial charge in [-0.15, -0.1) is 0 Å². The Kier molecular flexibility index (Phi) is 1.70. The Bertz CT molecular complexity index is 435. The van der Waals surface area contributed by atoms with Crippen LogP contribution >= 0.6 is 23.2 Å². The number of hydrogen-bond donors (Lipinski definition) is 0. The molecule has 0 unspecified atom stereocenters. The van der Waals surface area contributed by atoms with E-state index in [9.17, 15) is 0 Å². The molecule has 2 aromatic rings. The van der Waals surface area contributed by atoms with E-state index in [2.05, 4.69) is 9.97 Å². The summed E-state index contributed by atoms with van der Waals surface area (Å²) in [4.78, 5) is 7.96. The van der Waals surface area contributed by atoms with Gasteiger partial charge in [-0.1, -0.05) is 23.2 Å². The number of nitrogens with zero attached hydrogens (tertiary/aromatic N) is 3. The zero-order valence-corrected chi connectivity index (χ0v) is 7.76. The van der Waals surface area contributed by atoms with Crippen molar-refractivity contribution >= 4 is 28.7 Å². The molecule has 0 bridgehead atoms. The van der Waals surface area contributed by atoms with Gasteiger partial charge in [0.25, 0.3) is 0 Å². The summed E-state index contributed by atoms with van der Waals surface area (Å²) in [5, 5.41) is 0.747. The number of imidazole rings is 1. The topological polar surface area (TPSA) is 30.2 Å². The van der Waals surface area contributed by atoms with Gasteiger partial charge in [0.05, 0.1) is 6.20 Å². The highest BCUT2D eigenvalue weighted by Crippen LogP contribution is 2.18. The summed E-state index contributed by atoms with van der Waals surface area (Å²) >= 11 is 11.5. The van der Waals surface area contributed by atoms with Crippen molar-refractivity contribution in [2.45, 2.75) is 6.92 Å². The summed E-state index contributed by atoms with van der Waals surface area (Å²) in [5.74, 6) is 0.844. The van der Waals surface area contributed by atoms with Gasteiger partial charge >= 0.3 is 0 Å². The second kappa shape index (κ2) is 2.61. The van der Waals surface area contributed by atoms with Gasteiger partial charge in [0.2, 0.25) is 0 Å². The van der Waals surface area contributed by atoms with Crippen molar-refractivity contribution in [3.63, 3.8) is 0 Å². The molecule has 0 atom stereocenters. The smallest absolute Gasteiger partial charge is 0.156 e. The molecule has 0 spiro atoms. The predicted molar refractivity (Wildman–Crippen MR) is 47.7 cm³/mol. The molecule has 0 amide bonds. The van der Waals surface area contributed by atoms with Crippen molar-refractivity contribution in [2.75, 3.05) is 0 Å². The van der Waals surface area contributed by atoms with Crippen molar-refractivity contribution < 1.29 is 0 Å². The minimum Gasteiger partial charge on any atom is -0.298 e. The van der Waals surface area contributed by atoms with Gasteiger partial charge < -0.3 is 0 Å². The Morgan fingerprint density at radius 2 is 2.17 bits per heavy atom. The van der Waals surface area contributed by atoms with Crippen LogP contribution in [0.25, 0.3) is 5.52 Å². The Balaban J connectivity index is 2.92. The largest absolute Gasteiger partial charge is 0.298 e. The summed E-state index contributed by atoms with van der Waals surface area (Å²) in [6.07, 6.45) is 3.35. The van der Waals surface area contributed by atoms with Gasteiger partial charge in [-0.3, -0.25) is 4.40 Å². The van der Waals surface area contributed by atoms with Gasteiger partial charge in [-0.25, -0.2) is 9.97 Å². The first-order valence-corrected chi connectivity index (χ1v) is 4.10. The van der Waals surface area contributed by atoms with E-state index in [1.54, 1.807) is 16.8 Å². The van der Waals surface area contributed by atoms with E-state index in [0.29, 0.717) is 10.3 Å². The van der Waals surface area contributed by atoms with E-state index in [-0.39, 0.29) is 0 Å². The first-order chi connectivity index (χ1) is 5.68. The summed E-state index contributed by atoms with van der Waals surface area (Å²) in [7, 11) is 0. The molecule has 0 aromatic carbocycles. The molecule has 3 nitrogen and oxygen atoms in total. The van der Waals surface area contributed by atoms with Gasteiger partial charge in [0.1, 0.15) is 16.5 Å². The molecule has 0 radical (unpaired) electrons. The number of fused-ring (bicyclic) bond motifs is 1. The van der Waals surface area contributed by atoms with Crippen LogP contribution in [0.15, 0.2) is 12.4 Å². The van der Waals surface area contributed by atoms with E-state index in [0.717, 1.165) is 11.3 Å². The van der Waals surface area contributed by atoms with Crippen molar-refractivity contribution in [3.05, 3.63) is 28.5 Å². The Morgan fingerprint density at radius 3 is 2.92 bits per heavy atom. The number of aryl methyl sites for hydroxylation is 1. The summed E-state index contributed by atoms with van der Waals surface area (Å²) < 4.78 is 1.80. The third-order valence-electron chi connectivity index (χ3n) is 1.63. The Hall–Kier alpha value is -0.800. The minimum absolute atomic E-state index is 0.369. The predicted octanol–water partition coefficient (Wildman–Crippen LogP) is 2.34. The molecule has 0 aliphatic heterocycles. The van der Waals surface area contributed by atoms with Crippen LogP contribution in [0.5, 0.6) is 0 Å². The second-order valence-corrected chi connectivity index (χ2v) is 3.16. The van der Waals surface area contributed by atoms with E-state index >= 15 is 0 Å². The molecule has 2 aromatic heterocycles. The summed E-state index contributed by atoms with van der Waals surface area (Å²) in [5.41, 5.74) is 0.776. The van der Waals surface area contributed by atoms with Crippen molar-refractivity contribution in [2.24, 2.45) is 0 Å². The molecule has 0 aliphatic rings. The monoisotopic (exact) mass is 201 g/mol. The molecule has 12 heavy (non-hydrogen) atoms. The number of rotatable bonds is 0. The molecule has 0 fully saturated rings. The third kappa shape index (κ3) is 1.06. The van der Waals surface area contributed by atoms with Crippen LogP contribution in [0.1, 0.15) is 5.82 Å². The lowest BCUT2D eigenvalue weighted by Crippen LogP contribution is -1.90. The fraction of sp³-hybridized carbons (Fsp3) is 0.143. The molecule has 62 valence electrons. The molecule has 0 aliphatic carbocycles. The van der Waals surface area contributed by atoms with Gasteiger partial charge in [0, 0.05) is 6.20 Å². The fourth-order valence-corrected chi connectivity index (χ4v) is 1.51. The molecule has 2 heterocycles. The molecule has 0 saturated heterocycles. The van der Waals surface area contributed by atoms with E-state index in [4.69, 9.17) is 23.2 Å². The van der Waals surface area contributed by atoms with Gasteiger partial charge in [-0.05, 0) is 6.92 Å². The van der Waals surface area contributed by atoms with E-state index < -0.39 is 0 Å². The standard InChI is InChI=1S/C7H5Cl2N3/c1-4-10-2-5-7(9)11-6(8)3-12(4)5/h2-3H,1H3. The highest BCUT2D eigenvalue weighted by atomic mass is 35.5. The molecule has 0 N–H and O–H groups in total. The summed E-state index contributed by atoms with van der Waals surface area (Å²) in [6, 6.07) is 0. The van der Waals surface area contributed by atoms with Crippen LogP contribution in [0, 0.1) is 6.92 Å². The molecule has 5 heteroatoms. The number of hydrogen-bond acceptors (Lipinski definition) is 2. The minimum atomic E-state index is 0.369. The maximum Gasteiger partial charge on any atom is 0.156 e. The molecule has 2 rings (SSSR count). The van der Waals surface area contributed by atoms with Crippen LogP contribution in [0.2, 0.25) is 10.3 Å². The van der Waals surface area contributed by atoms with Gasteiger partial charge in [-0.2, -0.15) is 0 Å². The van der Waals surface area contributed by atoms with Crippen LogP contribution in [-0.2, 0) is 0 Å². The van der Waals surface area contributed by atoms with Crippen LogP contribution in [0.4, 0.5) is 0 Å². The van der Waals surface area contributed by atoms with Crippen LogP contribution < -0.4 is 0 Å². The van der Waals surface area contributed by atoms with E-state index in [1.165, 1.54) is 0 Å². The van der Waals surface area contributed by atoms with Crippen molar-refractivity contribution in [1.82, 2.24) is 14.4 Å². The quantitative estimate of drug-likeness (QED) is 0.656. The molecular formula is C7H5Cl2N3. The molecule has 0 saturated carbocycles. The Morgan fingerprint density at radius 1 is 1.42 bits per heavy atom. The zero-order valence-electron chi connectivity index (χ0n) is 6.25. The maximum atomic E-state index is 5.82.